The van der Waals surface area contributed by atoms with Gasteiger partial charge in [-0.1, -0.05) is 0 Å². The summed E-state index contributed by atoms with van der Waals surface area (Å²) in [4.78, 5) is 42.7. The number of carbonyl (C=O) groups is 3. The first-order valence-electron chi connectivity index (χ1n) is 13.9. The van der Waals surface area contributed by atoms with E-state index in [2.05, 4.69) is 4.67 Å². The van der Waals surface area contributed by atoms with E-state index in [0.717, 1.165) is 11.1 Å². The molecule has 2 aliphatic rings. The summed E-state index contributed by atoms with van der Waals surface area (Å²) in [5.74, 6) is -0.684. The molecule has 212 valence electrons. The van der Waals surface area contributed by atoms with Crippen LogP contribution < -0.4 is 5.06 Å². The zero-order chi connectivity index (χ0) is 29.7. The second kappa shape index (κ2) is 9.95. The molecule has 1 atom stereocenters. The molecule has 4 aromatic rings. The Kier molecular flexibility index (Phi) is 6.62. The van der Waals surface area contributed by atoms with E-state index in [1.165, 1.54) is 13.8 Å². The van der Waals surface area contributed by atoms with E-state index in [0.29, 0.717) is 22.1 Å². The van der Waals surface area contributed by atoms with Crippen molar-refractivity contribution in [2.75, 3.05) is 18.4 Å². The van der Waals surface area contributed by atoms with Gasteiger partial charge in [0.2, 0.25) is 0 Å². The molecule has 0 amide bonds. The normalized spacial score (nSPS) is 21.3. The minimum atomic E-state index is -4.05. The number of hydrogen-bond donors (Lipinski definition) is 0. The molecule has 6 rings (SSSR count). The molecule has 0 bridgehead atoms. The average molecular weight is 577 g/mol. The van der Waals surface area contributed by atoms with Gasteiger partial charge in [-0.25, -0.2) is 0 Å². The van der Waals surface area contributed by atoms with Gasteiger partial charge in [0.05, 0.1) is 0 Å². The van der Waals surface area contributed by atoms with Crippen LogP contribution in [0, 0.1) is 0 Å². The number of fused-ring (bicyclic) bond motifs is 1. The quantitative estimate of drug-likeness (QED) is 0.175. The van der Waals surface area contributed by atoms with E-state index in [1.54, 1.807) is 17.2 Å². The number of carbonyl (C=O) groups excluding carboxylic acids is 3. The average Bonchev–Trinajstić information content (AvgIpc) is 3.38. The van der Waals surface area contributed by atoms with E-state index in [9.17, 15) is 14.4 Å². The van der Waals surface area contributed by atoms with E-state index in [4.69, 9.17) is 4.62 Å². The summed E-state index contributed by atoms with van der Waals surface area (Å²) in [6.07, 6.45) is -1.01. The fourth-order valence-corrected chi connectivity index (χ4v) is 12.0. The Hall–Kier alpha value is -4.22. The summed E-state index contributed by atoms with van der Waals surface area (Å²) in [6.45, 7) is 2.82. The van der Waals surface area contributed by atoms with Crippen LogP contribution in [0.3, 0.4) is 0 Å². The zero-order valence-corrected chi connectivity index (χ0v) is 25.0. The maximum absolute atomic E-state index is 14.8. The van der Waals surface area contributed by atoms with E-state index >= 15 is 0 Å². The van der Waals surface area contributed by atoms with Crippen LogP contribution >= 0.6 is 6.98 Å². The number of para-hydroxylation sites is 1. The molecule has 1 fully saturated rings. The SMILES string of the molecule is CC(=O)C1=C(C(C)=O)P2(C)(C)ON(c3ccccc3)C(C(=O)c3ccccc3)N2C1(c1ccccc1)c1ccccc1. The standard InChI is InChI=1S/C35H33N2O4P/c1-25(38)31-33(26(2)39)42(3,4)37(35(31,28-19-11-6-12-20-28)29-21-13-7-14-22-29)34(32(40)27-17-9-5-10-18-27)36(41-42)30-23-15-8-16-24-30/h5-24,34H,1-4H3. The van der Waals surface area contributed by atoms with Gasteiger partial charge < -0.3 is 0 Å². The number of benzene rings is 4. The predicted molar refractivity (Wildman–Crippen MR) is 167 cm³/mol. The maximum atomic E-state index is 14.8. The molecule has 0 N–H and O–H groups in total. The van der Waals surface area contributed by atoms with Gasteiger partial charge in [0.1, 0.15) is 0 Å². The molecule has 0 spiro atoms. The third kappa shape index (κ3) is 3.87. The van der Waals surface area contributed by atoms with Crippen LogP contribution in [-0.4, -0.2) is 41.5 Å². The molecule has 0 aromatic heterocycles. The van der Waals surface area contributed by atoms with Crippen LogP contribution in [0.4, 0.5) is 5.69 Å². The first-order chi connectivity index (χ1) is 20.1. The van der Waals surface area contributed by atoms with Crippen molar-refractivity contribution in [3.63, 3.8) is 0 Å². The summed E-state index contributed by atoms with van der Waals surface area (Å²) < 4.78 is 9.17. The number of hydrogen-bond acceptors (Lipinski definition) is 6. The second-order valence-electron chi connectivity index (χ2n) is 11.4. The Balaban J connectivity index is 1.80. The summed E-state index contributed by atoms with van der Waals surface area (Å²) >= 11 is 0. The van der Waals surface area contributed by atoms with Crippen molar-refractivity contribution >= 4 is 30.0 Å². The molecule has 1 unspecified atom stereocenters. The molecule has 4 aromatic carbocycles. The molecule has 0 radical (unpaired) electrons. The number of Topliss-reactive ketones (excluding diaryl/α,β-unsaturated/α-hetero) is 3. The van der Waals surface area contributed by atoms with Crippen molar-refractivity contribution in [1.82, 2.24) is 4.67 Å². The number of hydroxylamine groups is 1. The number of rotatable bonds is 7. The summed E-state index contributed by atoms with van der Waals surface area (Å²) in [6, 6.07) is 38.0. The van der Waals surface area contributed by atoms with Gasteiger partial charge in [-0.15, -0.1) is 0 Å². The zero-order valence-electron chi connectivity index (χ0n) is 24.1. The first-order valence-corrected chi connectivity index (χ1v) is 16.9. The monoisotopic (exact) mass is 576 g/mol. The molecular weight excluding hydrogens is 543 g/mol. The van der Waals surface area contributed by atoms with Crippen molar-refractivity contribution < 1.29 is 19.0 Å². The summed E-state index contributed by atoms with van der Waals surface area (Å²) in [5, 5.41) is 2.01. The molecule has 2 aliphatic heterocycles. The van der Waals surface area contributed by atoms with E-state index < -0.39 is 18.7 Å². The van der Waals surface area contributed by atoms with Crippen molar-refractivity contribution in [3.8, 4) is 0 Å². The fourth-order valence-electron chi connectivity index (χ4n) is 6.99. The Bertz CT molecular complexity index is 1680. The van der Waals surface area contributed by atoms with Crippen LogP contribution in [0.2, 0.25) is 0 Å². The topological polar surface area (TPSA) is 66.9 Å². The van der Waals surface area contributed by atoms with Crippen LogP contribution in [0.15, 0.2) is 132 Å². The predicted octanol–water partition coefficient (Wildman–Crippen LogP) is 6.98. The molecule has 2 heterocycles. The van der Waals surface area contributed by atoms with Crippen molar-refractivity contribution in [2.45, 2.75) is 25.6 Å². The third-order valence-electron chi connectivity index (χ3n) is 8.36. The molecule has 0 saturated carbocycles. The van der Waals surface area contributed by atoms with Gasteiger partial charge in [0.25, 0.3) is 0 Å². The number of allylic oxidation sites excluding steroid dienone is 1. The first kappa shape index (κ1) is 27.9. The van der Waals surface area contributed by atoms with Crippen molar-refractivity contribution in [2.24, 2.45) is 0 Å². The van der Waals surface area contributed by atoms with Gasteiger partial charge in [-0.3, -0.25) is 0 Å². The minimum absolute atomic E-state index is 0.196. The Morgan fingerprint density at radius 3 is 1.57 bits per heavy atom. The summed E-state index contributed by atoms with van der Waals surface area (Å²) in [5.41, 5.74) is 1.79. The molecule has 42 heavy (non-hydrogen) atoms. The van der Waals surface area contributed by atoms with E-state index in [-0.39, 0.29) is 17.3 Å². The van der Waals surface area contributed by atoms with Gasteiger partial charge in [-0.2, -0.15) is 0 Å². The molecule has 1 saturated heterocycles. The van der Waals surface area contributed by atoms with Crippen LogP contribution in [0.1, 0.15) is 35.3 Å². The number of nitrogens with zero attached hydrogens (tertiary/aromatic N) is 2. The molecule has 7 heteroatoms. The van der Waals surface area contributed by atoms with Crippen LogP contribution in [0.25, 0.3) is 0 Å². The van der Waals surface area contributed by atoms with Gasteiger partial charge in [0, 0.05) is 0 Å². The second-order valence-corrected chi connectivity index (χ2v) is 16.3. The van der Waals surface area contributed by atoms with Gasteiger partial charge >= 0.3 is 247 Å². The van der Waals surface area contributed by atoms with Gasteiger partial charge in [0.15, 0.2) is 0 Å². The Labute approximate surface area is 246 Å². The molecule has 6 nitrogen and oxygen atoms in total. The fraction of sp³-hybridized carbons (Fsp3) is 0.171. The van der Waals surface area contributed by atoms with Crippen LogP contribution in [0.5, 0.6) is 0 Å². The van der Waals surface area contributed by atoms with Gasteiger partial charge in [-0.05, 0) is 0 Å². The number of ketones is 3. The van der Waals surface area contributed by atoms with Crippen molar-refractivity contribution in [3.05, 3.63) is 149 Å². The Morgan fingerprint density at radius 1 is 0.667 bits per heavy atom. The van der Waals surface area contributed by atoms with Crippen molar-refractivity contribution in [1.29, 1.82) is 0 Å². The third-order valence-corrected chi connectivity index (χ3v) is 12.6. The molecular formula is C35H33N2O4P. The summed E-state index contributed by atoms with van der Waals surface area (Å²) in [7, 11) is 0. The van der Waals surface area contributed by atoms with Crippen LogP contribution in [-0.2, 0) is 19.8 Å². The van der Waals surface area contributed by atoms with E-state index in [1.807, 2.05) is 123 Å². The number of anilines is 1. The Morgan fingerprint density at radius 2 is 1.12 bits per heavy atom. The molecule has 0 aliphatic carbocycles.